The molecule has 7 heteroatoms. The summed E-state index contributed by atoms with van der Waals surface area (Å²) in [7, 11) is 1.75. The molecule has 1 aromatic carbocycles. The van der Waals surface area contributed by atoms with E-state index in [2.05, 4.69) is 38.2 Å². The summed E-state index contributed by atoms with van der Waals surface area (Å²) in [6, 6.07) is 6.32. The molecule has 0 unspecified atom stereocenters. The van der Waals surface area contributed by atoms with Crippen LogP contribution in [-0.2, 0) is 7.05 Å². The third kappa shape index (κ3) is 3.00. The van der Waals surface area contributed by atoms with Crippen molar-refractivity contribution in [1.29, 1.82) is 0 Å². The zero-order chi connectivity index (χ0) is 18.1. The standard InChI is InChI=1S/C19H22N6O/c1-13-5-3-7-15-16(13)21-12-22-17(15)23-14-6-4-9-25(11-14)18-19(26)24(2)10-8-20-18/h3,5,7-8,10,12,14H,4,6,9,11H2,1-2H3,(H,21,22,23)/t14-/m1/s1. The zero-order valence-corrected chi connectivity index (χ0v) is 15.0. The Morgan fingerprint density at radius 2 is 2.12 bits per heavy atom. The maximum Gasteiger partial charge on any atom is 0.293 e. The van der Waals surface area contributed by atoms with Gasteiger partial charge >= 0.3 is 0 Å². The number of nitrogens with zero attached hydrogens (tertiary/aromatic N) is 5. The van der Waals surface area contributed by atoms with Crippen LogP contribution in [-0.4, -0.2) is 38.7 Å². The first-order valence-electron chi connectivity index (χ1n) is 8.87. The predicted molar refractivity (Wildman–Crippen MR) is 103 cm³/mol. The Hall–Kier alpha value is -2.96. The van der Waals surface area contributed by atoms with Crippen molar-refractivity contribution in [2.24, 2.45) is 7.05 Å². The summed E-state index contributed by atoms with van der Waals surface area (Å²) >= 11 is 0. The van der Waals surface area contributed by atoms with Gasteiger partial charge in [-0.05, 0) is 31.4 Å². The van der Waals surface area contributed by atoms with Crippen LogP contribution in [0.3, 0.4) is 0 Å². The number of benzene rings is 1. The third-order valence-corrected chi connectivity index (χ3v) is 4.93. The van der Waals surface area contributed by atoms with Crippen LogP contribution >= 0.6 is 0 Å². The topological polar surface area (TPSA) is 75.9 Å². The first kappa shape index (κ1) is 16.5. The van der Waals surface area contributed by atoms with Gasteiger partial charge in [-0.15, -0.1) is 0 Å². The van der Waals surface area contributed by atoms with Crippen molar-refractivity contribution in [2.75, 3.05) is 23.3 Å². The Morgan fingerprint density at radius 1 is 1.23 bits per heavy atom. The summed E-state index contributed by atoms with van der Waals surface area (Å²) in [6.45, 7) is 3.62. The second-order valence-corrected chi connectivity index (χ2v) is 6.79. The average molecular weight is 350 g/mol. The van der Waals surface area contributed by atoms with Crippen LogP contribution in [0.1, 0.15) is 18.4 Å². The third-order valence-electron chi connectivity index (χ3n) is 4.93. The number of para-hydroxylation sites is 1. The van der Waals surface area contributed by atoms with Gasteiger partial charge in [-0.3, -0.25) is 4.79 Å². The molecule has 3 aromatic rings. The van der Waals surface area contributed by atoms with E-state index in [1.165, 1.54) is 0 Å². The van der Waals surface area contributed by atoms with Crippen molar-refractivity contribution in [3.8, 4) is 0 Å². The van der Waals surface area contributed by atoms with E-state index < -0.39 is 0 Å². The minimum atomic E-state index is -0.0590. The van der Waals surface area contributed by atoms with Crippen molar-refractivity contribution in [3.63, 3.8) is 0 Å². The van der Waals surface area contributed by atoms with Crippen LogP contribution in [0, 0.1) is 6.92 Å². The molecule has 0 spiro atoms. The first-order valence-corrected chi connectivity index (χ1v) is 8.87. The van der Waals surface area contributed by atoms with Gasteiger partial charge in [-0.2, -0.15) is 0 Å². The molecule has 0 aliphatic carbocycles. The average Bonchev–Trinajstić information content (AvgIpc) is 2.65. The van der Waals surface area contributed by atoms with Crippen molar-refractivity contribution in [3.05, 3.63) is 52.8 Å². The molecule has 1 saturated heterocycles. The molecule has 0 saturated carbocycles. The molecule has 4 rings (SSSR count). The lowest BCUT2D eigenvalue weighted by Crippen LogP contribution is -2.45. The second-order valence-electron chi connectivity index (χ2n) is 6.79. The quantitative estimate of drug-likeness (QED) is 0.780. The minimum Gasteiger partial charge on any atom is -0.365 e. The van der Waals surface area contributed by atoms with E-state index in [1.54, 1.807) is 30.3 Å². The van der Waals surface area contributed by atoms with E-state index in [0.717, 1.165) is 48.2 Å². The maximum absolute atomic E-state index is 12.4. The molecule has 134 valence electrons. The molecule has 2 aromatic heterocycles. The van der Waals surface area contributed by atoms with Crippen LogP contribution in [0.25, 0.3) is 10.9 Å². The highest BCUT2D eigenvalue weighted by atomic mass is 16.1. The summed E-state index contributed by atoms with van der Waals surface area (Å²) in [4.78, 5) is 27.6. The molecular weight excluding hydrogens is 328 g/mol. The lowest BCUT2D eigenvalue weighted by atomic mass is 10.1. The van der Waals surface area contributed by atoms with Crippen molar-refractivity contribution < 1.29 is 0 Å². The van der Waals surface area contributed by atoms with Crippen LogP contribution in [0.2, 0.25) is 0 Å². The first-order chi connectivity index (χ1) is 12.6. The van der Waals surface area contributed by atoms with Gasteiger partial charge in [0.25, 0.3) is 5.56 Å². The van der Waals surface area contributed by atoms with Crippen LogP contribution in [0.15, 0.2) is 41.7 Å². The van der Waals surface area contributed by atoms with E-state index in [4.69, 9.17) is 0 Å². The van der Waals surface area contributed by atoms with E-state index in [0.29, 0.717) is 5.82 Å². The van der Waals surface area contributed by atoms with Gasteiger partial charge in [0.2, 0.25) is 0 Å². The molecule has 0 amide bonds. The number of hydrogen-bond acceptors (Lipinski definition) is 6. The van der Waals surface area contributed by atoms with Gasteiger partial charge in [-0.25, -0.2) is 15.0 Å². The van der Waals surface area contributed by atoms with Crippen LogP contribution < -0.4 is 15.8 Å². The Kier molecular flexibility index (Phi) is 4.28. The SMILES string of the molecule is Cc1cccc2c(N[C@@H]3CCCN(c4nccn(C)c4=O)C3)ncnc12. The minimum absolute atomic E-state index is 0.0590. The summed E-state index contributed by atoms with van der Waals surface area (Å²) in [5, 5.41) is 4.58. The summed E-state index contributed by atoms with van der Waals surface area (Å²) in [5.74, 6) is 1.37. The monoisotopic (exact) mass is 350 g/mol. The number of hydrogen-bond donors (Lipinski definition) is 1. The van der Waals surface area contributed by atoms with E-state index >= 15 is 0 Å². The number of fused-ring (bicyclic) bond motifs is 1. The summed E-state index contributed by atoms with van der Waals surface area (Å²) in [5.41, 5.74) is 2.04. The molecule has 1 aliphatic rings. The lowest BCUT2D eigenvalue weighted by molar-refractivity contribution is 0.523. The molecule has 0 radical (unpaired) electrons. The summed E-state index contributed by atoms with van der Waals surface area (Å²) in [6.07, 6.45) is 6.99. The van der Waals surface area contributed by atoms with E-state index in [1.807, 2.05) is 12.1 Å². The smallest absolute Gasteiger partial charge is 0.293 e. The van der Waals surface area contributed by atoms with Crippen LogP contribution in [0.4, 0.5) is 11.6 Å². The second kappa shape index (κ2) is 6.74. The van der Waals surface area contributed by atoms with Gasteiger partial charge in [-0.1, -0.05) is 12.1 Å². The molecule has 7 nitrogen and oxygen atoms in total. The Labute approximate surface area is 151 Å². The fourth-order valence-corrected chi connectivity index (χ4v) is 3.53. The number of rotatable bonds is 3. The largest absolute Gasteiger partial charge is 0.365 e. The molecular formula is C19H22N6O. The van der Waals surface area contributed by atoms with Crippen LogP contribution in [0.5, 0.6) is 0 Å². The highest BCUT2D eigenvalue weighted by Gasteiger charge is 2.23. The molecule has 0 bridgehead atoms. The molecule has 1 atom stereocenters. The lowest BCUT2D eigenvalue weighted by Gasteiger charge is -2.34. The maximum atomic E-state index is 12.4. The molecule has 1 N–H and O–H groups in total. The summed E-state index contributed by atoms with van der Waals surface area (Å²) < 4.78 is 1.57. The molecule has 3 heterocycles. The fraction of sp³-hybridized carbons (Fsp3) is 0.368. The van der Waals surface area contributed by atoms with Gasteiger partial charge < -0.3 is 14.8 Å². The number of anilines is 2. The van der Waals surface area contributed by atoms with Gasteiger partial charge in [0.05, 0.1) is 5.52 Å². The highest BCUT2D eigenvalue weighted by molar-refractivity contribution is 5.90. The predicted octanol–water partition coefficient (Wildman–Crippen LogP) is 2.11. The Bertz CT molecular complexity index is 999. The van der Waals surface area contributed by atoms with Gasteiger partial charge in [0, 0.05) is 44.0 Å². The number of nitrogens with one attached hydrogen (secondary N) is 1. The highest BCUT2D eigenvalue weighted by Crippen LogP contribution is 2.24. The molecule has 1 aliphatic heterocycles. The van der Waals surface area contributed by atoms with Crippen molar-refractivity contribution in [1.82, 2.24) is 19.5 Å². The number of aryl methyl sites for hydroxylation is 2. The van der Waals surface area contributed by atoms with E-state index in [9.17, 15) is 4.79 Å². The van der Waals surface area contributed by atoms with E-state index in [-0.39, 0.29) is 11.6 Å². The van der Waals surface area contributed by atoms with Gasteiger partial charge in [0.1, 0.15) is 12.1 Å². The Morgan fingerprint density at radius 3 is 3.00 bits per heavy atom. The molecule has 26 heavy (non-hydrogen) atoms. The Balaban J connectivity index is 1.59. The number of aromatic nitrogens is 4. The number of piperidine rings is 1. The van der Waals surface area contributed by atoms with Crippen molar-refractivity contribution >= 4 is 22.5 Å². The zero-order valence-electron chi connectivity index (χ0n) is 15.0. The van der Waals surface area contributed by atoms with Crippen molar-refractivity contribution in [2.45, 2.75) is 25.8 Å². The molecule has 1 fully saturated rings. The fourth-order valence-electron chi connectivity index (χ4n) is 3.53. The van der Waals surface area contributed by atoms with Gasteiger partial charge in [0.15, 0.2) is 5.82 Å². The normalized spacial score (nSPS) is 17.5.